The number of nitrogens with two attached hydrogens (primary N) is 1. The maximum atomic E-state index is 5.72. The largest absolute Gasteiger partial charge is 0.383 e. The lowest BCUT2D eigenvalue weighted by Gasteiger charge is -2.17. The molecular weight excluding hydrogens is 184 g/mol. The van der Waals surface area contributed by atoms with E-state index in [9.17, 15) is 0 Å². The zero-order chi connectivity index (χ0) is 10.7. The molecule has 1 aliphatic rings. The molecule has 15 heavy (non-hydrogen) atoms. The highest BCUT2D eigenvalue weighted by molar-refractivity contribution is 5.49. The lowest BCUT2D eigenvalue weighted by atomic mass is 9.91. The van der Waals surface area contributed by atoms with E-state index in [1.54, 1.807) is 0 Å². The Kier molecular flexibility index (Phi) is 3.27. The molecule has 0 fully saturated rings. The Labute approximate surface area is 91.9 Å². The molecule has 0 spiro atoms. The van der Waals surface area contributed by atoms with E-state index in [-0.39, 0.29) is 6.04 Å². The van der Waals surface area contributed by atoms with E-state index in [1.807, 2.05) is 6.92 Å². The molecule has 0 radical (unpaired) electrons. The van der Waals surface area contributed by atoms with Gasteiger partial charge < -0.3 is 11.1 Å². The highest BCUT2D eigenvalue weighted by Gasteiger charge is 2.09. The van der Waals surface area contributed by atoms with E-state index >= 15 is 0 Å². The van der Waals surface area contributed by atoms with Crippen LogP contribution < -0.4 is 11.1 Å². The molecule has 1 aliphatic carbocycles. The zero-order valence-electron chi connectivity index (χ0n) is 9.42. The quantitative estimate of drug-likeness (QED) is 0.793. The molecule has 0 aromatic heterocycles. The van der Waals surface area contributed by atoms with Gasteiger partial charge in [-0.15, -0.1) is 0 Å². The van der Waals surface area contributed by atoms with Crippen LogP contribution in [0, 0.1) is 0 Å². The molecule has 1 atom stereocenters. The number of nitrogens with one attached hydrogen (secondary N) is 1. The average Bonchev–Trinajstić information content (AvgIpc) is 2.26. The van der Waals surface area contributed by atoms with Crippen LogP contribution in [0.3, 0.4) is 0 Å². The molecule has 82 valence electrons. The Balaban J connectivity index is 2.07. The second-order valence-corrected chi connectivity index (χ2v) is 4.55. The summed E-state index contributed by atoms with van der Waals surface area (Å²) in [6, 6.07) is 6.93. The molecule has 0 bridgehead atoms. The lowest BCUT2D eigenvalue weighted by Crippen LogP contribution is -2.25. The van der Waals surface area contributed by atoms with Gasteiger partial charge in [-0.2, -0.15) is 0 Å². The first-order chi connectivity index (χ1) is 7.25. The summed E-state index contributed by atoms with van der Waals surface area (Å²) in [5, 5.41) is 3.37. The second kappa shape index (κ2) is 4.67. The van der Waals surface area contributed by atoms with Crippen molar-refractivity contribution in [3.05, 3.63) is 29.3 Å². The molecule has 0 amide bonds. The molecule has 2 rings (SSSR count). The van der Waals surface area contributed by atoms with Gasteiger partial charge in [0, 0.05) is 18.3 Å². The van der Waals surface area contributed by atoms with Crippen molar-refractivity contribution in [3.63, 3.8) is 0 Å². The van der Waals surface area contributed by atoms with Crippen molar-refractivity contribution >= 4 is 5.69 Å². The van der Waals surface area contributed by atoms with Crippen LogP contribution in [-0.4, -0.2) is 12.6 Å². The molecule has 1 aromatic rings. The minimum absolute atomic E-state index is 0.209. The highest BCUT2D eigenvalue weighted by Crippen LogP contribution is 2.24. The maximum absolute atomic E-state index is 5.72. The first-order valence-electron chi connectivity index (χ1n) is 5.87. The predicted molar refractivity (Wildman–Crippen MR) is 65.2 cm³/mol. The molecule has 0 aliphatic heterocycles. The van der Waals surface area contributed by atoms with Gasteiger partial charge in [0.25, 0.3) is 0 Å². The predicted octanol–water partition coefficient (Wildman–Crippen LogP) is 2.32. The summed E-state index contributed by atoms with van der Waals surface area (Å²) in [6.07, 6.45) is 5.18. The monoisotopic (exact) mass is 204 g/mol. The second-order valence-electron chi connectivity index (χ2n) is 4.55. The Morgan fingerprint density at radius 1 is 1.27 bits per heavy atom. The highest BCUT2D eigenvalue weighted by atomic mass is 14.9. The maximum Gasteiger partial charge on any atom is 0.0343 e. The van der Waals surface area contributed by atoms with Gasteiger partial charge in [-0.05, 0) is 55.9 Å². The van der Waals surface area contributed by atoms with Gasteiger partial charge in [-0.25, -0.2) is 0 Å². The molecule has 2 heteroatoms. The minimum Gasteiger partial charge on any atom is -0.383 e. The molecule has 1 aromatic carbocycles. The Hall–Kier alpha value is -1.02. The SMILES string of the molecule is CC(N)CNc1ccc2c(c1)CCCC2. The van der Waals surface area contributed by atoms with E-state index in [0.29, 0.717) is 0 Å². The Morgan fingerprint density at radius 2 is 2.00 bits per heavy atom. The van der Waals surface area contributed by atoms with Crippen molar-refractivity contribution in [1.29, 1.82) is 0 Å². The van der Waals surface area contributed by atoms with Crippen molar-refractivity contribution in [3.8, 4) is 0 Å². The van der Waals surface area contributed by atoms with Gasteiger partial charge >= 0.3 is 0 Å². The first kappa shape index (κ1) is 10.5. The summed E-state index contributed by atoms with van der Waals surface area (Å²) in [7, 11) is 0. The van der Waals surface area contributed by atoms with Crippen molar-refractivity contribution < 1.29 is 0 Å². The number of rotatable bonds is 3. The molecular formula is C13H20N2. The molecule has 0 heterocycles. The number of hydrogen-bond donors (Lipinski definition) is 2. The summed E-state index contributed by atoms with van der Waals surface area (Å²) < 4.78 is 0. The minimum atomic E-state index is 0.209. The topological polar surface area (TPSA) is 38.0 Å². The van der Waals surface area contributed by atoms with Gasteiger partial charge in [0.05, 0.1) is 0 Å². The smallest absolute Gasteiger partial charge is 0.0343 e. The molecule has 0 saturated heterocycles. The summed E-state index contributed by atoms with van der Waals surface area (Å²) in [6.45, 7) is 2.87. The number of aryl methyl sites for hydroxylation is 2. The van der Waals surface area contributed by atoms with E-state index in [2.05, 4.69) is 23.5 Å². The van der Waals surface area contributed by atoms with E-state index < -0.39 is 0 Å². The zero-order valence-corrected chi connectivity index (χ0v) is 9.42. The third-order valence-corrected chi connectivity index (χ3v) is 2.98. The van der Waals surface area contributed by atoms with Crippen LogP contribution in [0.15, 0.2) is 18.2 Å². The number of fused-ring (bicyclic) bond motifs is 1. The molecule has 2 nitrogen and oxygen atoms in total. The van der Waals surface area contributed by atoms with Crippen molar-refractivity contribution in [2.45, 2.75) is 38.6 Å². The van der Waals surface area contributed by atoms with Gasteiger partial charge in [-0.1, -0.05) is 6.07 Å². The van der Waals surface area contributed by atoms with Gasteiger partial charge in [0.15, 0.2) is 0 Å². The van der Waals surface area contributed by atoms with Gasteiger partial charge in [0.2, 0.25) is 0 Å². The van der Waals surface area contributed by atoms with Crippen LogP contribution >= 0.6 is 0 Å². The number of benzene rings is 1. The normalized spacial score (nSPS) is 16.9. The molecule has 1 unspecified atom stereocenters. The average molecular weight is 204 g/mol. The van der Waals surface area contributed by atoms with Gasteiger partial charge in [-0.3, -0.25) is 0 Å². The first-order valence-corrected chi connectivity index (χ1v) is 5.87. The third kappa shape index (κ3) is 2.72. The van der Waals surface area contributed by atoms with E-state index in [4.69, 9.17) is 5.73 Å². The summed E-state index contributed by atoms with van der Waals surface area (Å²) in [4.78, 5) is 0. The van der Waals surface area contributed by atoms with Crippen molar-refractivity contribution in [1.82, 2.24) is 0 Å². The standard InChI is InChI=1S/C13H20N2/c1-10(14)9-15-13-7-6-11-4-2-3-5-12(11)8-13/h6-8,10,15H,2-5,9,14H2,1H3. The third-order valence-electron chi connectivity index (χ3n) is 2.98. The fraction of sp³-hybridized carbons (Fsp3) is 0.538. The molecule has 0 saturated carbocycles. The summed E-state index contributed by atoms with van der Waals surface area (Å²) in [5.41, 5.74) is 9.99. The van der Waals surface area contributed by atoms with Crippen LogP contribution in [0.25, 0.3) is 0 Å². The van der Waals surface area contributed by atoms with Crippen LogP contribution in [0.4, 0.5) is 5.69 Å². The number of anilines is 1. The van der Waals surface area contributed by atoms with E-state index in [0.717, 1.165) is 6.54 Å². The summed E-state index contributed by atoms with van der Waals surface area (Å²) in [5.74, 6) is 0. The lowest BCUT2D eigenvalue weighted by molar-refractivity contribution is 0.685. The Bertz CT molecular complexity index is 331. The summed E-state index contributed by atoms with van der Waals surface area (Å²) >= 11 is 0. The van der Waals surface area contributed by atoms with Crippen LogP contribution in [0.5, 0.6) is 0 Å². The van der Waals surface area contributed by atoms with Crippen molar-refractivity contribution in [2.24, 2.45) is 5.73 Å². The number of hydrogen-bond acceptors (Lipinski definition) is 2. The van der Waals surface area contributed by atoms with Gasteiger partial charge in [0.1, 0.15) is 0 Å². The Morgan fingerprint density at radius 3 is 2.73 bits per heavy atom. The molecule has 3 N–H and O–H groups in total. The van der Waals surface area contributed by atoms with Crippen LogP contribution in [-0.2, 0) is 12.8 Å². The van der Waals surface area contributed by atoms with E-state index in [1.165, 1.54) is 42.5 Å². The fourth-order valence-corrected chi connectivity index (χ4v) is 2.12. The van der Waals surface area contributed by atoms with Crippen molar-refractivity contribution in [2.75, 3.05) is 11.9 Å². The fourth-order valence-electron chi connectivity index (χ4n) is 2.12. The van der Waals surface area contributed by atoms with Crippen LogP contribution in [0.2, 0.25) is 0 Å². The van der Waals surface area contributed by atoms with Crippen LogP contribution in [0.1, 0.15) is 30.9 Å².